The summed E-state index contributed by atoms with van der Waals surface area (Å²) in [5.74, 6) is 3.47. The molecule has 1 aromatic rings. The SMILES string of the molecule is COc1ccc2c(c1OC)N=C1C3CCC(C3)N1C2. The van der Waals surface area contributed by atoms with Gasteiger partial charge in [0.15, 0.2) is 11.5 Å². The summed E-state index contributed by atoms with van der Waals surface area (Å²) in [4.78, 5) is 7.40. The van der Waals surface area contributed by atoms with Crippen LogP contribution >= 0.6 is 0 Å². The van der Waals surface area contributed by atoms with Crippen molar-refractivity contribution < 1.29 is 9.47 Å². The topological polar surface area (TPSA) is 34.1 Å². The minimum Gasteiger partial charge on any atom is -0.493 e. The molecule has 4 heteroatoms. The molecule has 1 saturated carbocycles. The zero-order chi connectivity index (χ0) is 13.0. The maximum atomic E-state index is 5.51. The van der Waals surface area contributed by atoms with E-state index in [2.05, 4.69) is 11.0 Å². The predicted octanol–water partition coefficient (Wildman–Crippen LogP) is 2.73. The lowest BCUT2D eigenvalue weighted by molar-refractivity contribution is 0.313. The molecule has 0 aromatic heterocycles. The number of rotatable bonds is 2. The highest BCUT2D eigenvalue weighted by Gasteiger charge is 2.44. The van der Waals surface area contributed by atoms with Crippen molar-refractivity contribution in [1.82, 2.24) is 4.90 Å². The van der Waals surface area contributed by atoms with Crippen LogP contribution in [0.5, 0.6) is 11.5 Å². The third-order valence-electron chi connectivity index (χ3n) is 4.68. The van der Waals surface area contributed by atoms with Crippen molar-refractivity contribution in [3.63, 3.8) is 0 Å². The Morgan fingerprint density at radius 1 is 1.21 bits per heavy atom. The van der Waals surface area contributed by atoms with Gasteiger partial charge in [0.25, 0.3) is 0 Å². The molecule has 100 valence electrons. The lowest BCUT2D eigenvalue weighted by Crippen LogP contribution is -2.38. The van der Waals surface area contributed by atoms with Gasteiger partial charge in [-0.05, 0) is 25.3 Å². The van der Waals surface area contributed by atoms with Crippen LogP contribution in [-0.2, 0) is 6.54 Å². The van der Waals surface area contributed by atoms with Gasteiger partial charge in [0.05, 0.1) is 14.2 Å². The Labute approximate surface area is 113 Å². The summed E-state index contributed by atoms with van der Waals surface area (Å²) in [6.45, 7) is 0.968. The predicted molar refractivity (Wildman–Crippen MR) is 73.3 cm³/mol. The fourth-order valence-corrected chi connectivity index (χ4v) is 3.76. The third kappa shape index (κ3) is 1.43. The summed E-state index contributed by atoms with van der Waals surface area (Å²) in [5.41, 5.74) is 2.22. The number of methoxy groups -OCH3 is 2. The van der Waals surface area contributed by atoms with Crippen molar-refractivity contribution >= 4 is 11.5 Å². The Morgan fingerprint density at radius 3 is 2.89 bits per heavy atom. The maximum Gasteiger partial charge on any atom is 0.186 e. The van der Waals surface area contributed by atoms with E-state index in [1.165, 1.54) is 30.7 Å². The zero-order valence-electron chi connectivity index (χ0n) is 11.3. The molecule has 1 aliphatic carbocycles. The molecule has 2 heterocycles. The van der Waals surface area contributed by atoms with Gasteiger partial charge >= 0.3 is 0 Å². The van der Waals surface area contributed by atoms with E-state index >= 15 is 0 Å². The van der Waals surface area contributed by atoms with Crippen LogP contribution in [0.25, 0.3) is 0 Å². The van der Waals surface area contributed by atoms with Gasteiger partial charge in [0.2, 0.25) is 0 Å². The molecule has 2 bridgehead atoms. The van der Waals surface area contributed by atoms with Crippen LogP contribution in [0.15, 0.2) is 17.1 Å². The second kappa shape index (κ2) is 3.89. The maximum absolute atomic E-state index is 5.51. The van der Waals surface area contributed by atoms with Gasteiger partial charge in [-0.15, -0.1) is 0 Å². The van der Waals surface area contributed by atoms with Gasteiger partial charge in [-0.25, -0.2) is 4.99 Å². The summed E-state index contributed by atoms with van der Waals surface area (Å²) in [6, 6.07) is 4.81. The number of aliphatic imine (C=N–C) groups is 1. The van der Waals surface area contributed by atoms with E-state index in [0.29, 0.717) is 12.0 Å². The van der Waals surface area contributed by atoms with E-state index in [-0.39, 0.29) is 0 Å². The highest BCUT2D eigenvalue weighted by Crippen LogP contribution is 2.48. The minimum absolute atomic E-state index is 0.661. The molecule has 2 fully saturated rings. The fourth-order valence-electron chi connectivity index (χ4n) is 3.76. The van der Waals surface area contributed by atoms with Gasteiger partial charge in [0.1, 0.15) is 11.5 Å². The number of benzene rings is 1. The van der Waals surface area contributed by atoms with Crippen molar-refractivity contribution in [2.45, 2.75) is 31.8 Å². The number of hydrogen-bond acceptors (Lipinski definition) is 4. The number of amidine groups is 1. The summed E-state index contributed by atoms with van der Waals surface area (Å²) in [5, 5.41) is 0. The van der Waals surface area contributed by atoms with Gasteiger partial charge < -0.3 is 14.4 Å². The number of nitrogens with zero attached hydrogens (tertiary/aromatic N) is 2. The Morgan fingerprint density at radius 2 is 2.11 bits per heavy atom. The second-order valence-corrected chi connectivity index (χ2v) is 5.57. The summed E-state index contributed by atoms with van der Waals surface area (Å²) < 4.78 is 10.9. The lowest BCUT2D eigenvalue weighted by atomic mass is 10.0. The molecule has 1 aromatic carbocycles. The smallest absolute Gasteiger partial charge is 0.186 e. The molecule has 0 amide bonds. The van der Waals surface area contributed by atoms with Crippen LogP contribution in [-0.4, -0.2) is 31.0 Å². The first-order valence-corrected chi connectivity index (χ1v) is 6.91. The van der Waals surface area contributed by atoms with Crippen LogP contribution in [0.4, 0.5) is 5.69 Å². The van der Waals surface area contributed by atoms with Crippen molar-refractivity contribution in [2.24, 2.45) is 10.9 Å². The van der Waals surface area contributed by atoms with Gasteiger partial charge in [-0.1, -0.05) is 6.07 Å². The van der Waals surface area contributed by atoms with Crippen LogP contribution in [0.3, 0.4) is 0 Å². The largest absolute Gasteiger partial charge is 0.493 e. The molecule has 19 heavy (non-hydrogen) atoms. The average molecular weight is 258 g/mol. The van der Waals surface area contributed by atoms with Gasteiger partial charge in [0, 0.05) is 24.1 Å². The van der Waals surface area contributed by atoms with E-state index in [4.69, 9.17) is 14.5 Å². The fraction of sp³-hybridized carbons (Fsp3) is 0.533. The molecule has 1 saturated heterocycles. The van der Waals surface area contributed by atoms with Gasteiger partial charge in [-0.2, -0.15) is 0 Å². The number of piperidine rings is 1. The first-order valence-electron chi connectivity index (χ1n) is 6.91. The molecule has 0 radical (unpaired) electrons. The van der Waals surface area contributed by atoms with Gasteiger partial charge in [-0.3, -0.25) is 0 Å². The summed E-state index contributed by atoms with van der Waals surface area (Å²) in [6.07, 6.45) is 3.90. The normalized spacial score (nSPS) is 26.8. The monoisotopic (exact) mass is 258 g/mol. The summed E-state index contributed by atoms with van der Waals surface area (Å²) >= 11 is 0. The van der Waals surface area contributed by atoms with Crippen LogP contribution in [0.2, 0.25) is 0 Å². The van der Waals surface area contributed by atoms with E-state index < -0.39 is 0 Å². The first-order chi connectivity index (χ1) is 9.31. The number of hydrogen-bond donors (Lipinski definition) is 0. The molecular formula is C15H18N2O2. The highest BCUT2D eigenvalue weighted by atomic mass is 16.5. The molecule has 2 aliphatic heterocycles. The Balaban J connectivity index is 1.85. The van der Waals surface area contributed by atoms with Crippen LogP contribution in [0.1, 0.15) is 24.8 Å². The molecule has 4 rings (SSSR count). The quantitative estimate of drug-likeness (QED) is 0.818. The summed E-state index contributed by atoms with van der Waals surface area (Å²) in [7, 11) is 3.36. The standard InChI is InChI=1S/C15H18N2O2/c1-18-12-6-4-10-8-17-11-5-3-9(7-11)15(17)16-13(10)14(12)19-2/h4,6,9,11H,3,5,7-8H2,1-2H3. The van der Waals surface area contributed by atoms with Crippen molar-refractivity contribution in [3.8, 4) is 11.5 Å². The molecule has 2 atom stereocenters. The van der Waals surface area contributed by atoms with E-state index in [9.17, 15) is 0 Å². The van der Waals surface area contributed by atoms with E-state index in [1.54, 1.807) is 14.2 Å². The van der Waals surface area contributed by atoms with E-state index in [0.717, 1.165) is 23.7 Å². The van der Waals surface area contributed by atoms with Crippen LogP contribution < -0.4 is 9.47 Å². The molecule has 4 nitrogen and oxygen atoms in total. The van der Waals surface area contributed by atoms with Crippen molar-refractivity contribution in [3.05, 3.63) is 17.7 Å². The highest BCUT2D eigenvalue weighted by molar-refractivity contribution is 5.93. The number of fused-ring (bicyclic) bond motifs is 6. The third-order valence-corrected chi connectivity index (χ3v) is 4.68. The first kappa shape index (κ1) is 11.1. The van der Waals surface area contributed by atoms with E-state index in [1.807, 2.05) is 6.07 Å². The number of ether oxygens (including phenoxy) is 2. The molecule has 3 aliphatic rings. The Kier molecular flexibility index (Phi) is 2.28. The Hall–Kier alpha value is -1.71. The minimum atomic E-state index is 0.661. The Bertz CT molecular complexity index is 568. The molecule has 0 spiro atoms. The van der Waals surface area contributed by atoms with Crippen molar-refractivity contribution in [1.29, 1.82) is 0 Å². The molecule has 2 unspecified atom stereocenters. The zero-order valence-corrected chi connectivity index (χ0v) is 11.3. The lowest BCUT2D eigenvalue weighted by Gasteiger charge is -2.34. The second-order valence-electron chi connectivity index (χ2n) is 5.57. The molecule has 0 N–H and O–H groups in total. The van der Waals surface area contributed by atoms with Crippen LogP contribution in [0, 0.1) is 5.92 Å². The van der Waals surface area contributed by atoms with Crippen molar-refractivity contribution in [2.75, 3.05) is 14.2 Å². The average Bonchev–Trinajstić information content (AvgIpc) is 3.05. The molecular weight excluding hydrogens is 240 g/mol.